The molecule has 0 radical (unpaired) electrons. The highest BCUT2D eigenvalue weighted by Gasteiger charge is 2.28. The molecule has 1 aromatic carbocycles. The summed E-state index contributed by atoms with van der Waals surface area (Å²) >= 11 is 6.69. The molecule has 1 aliphatic rings. The van der Waals surface area contributed by atoms with Crippen molar-refractivity contribution in [3.63, 3.8) is 0 Å². The van der Waals surface area contributed by atoms with Gasteiger partial charge < -0.3 is 14.7 Å². The molecule has 0 aliphatic carbocycles. The molecule has 0 spiro atoms. The Labute approximate surface area is 116 Å². The van der Waals surface area contributed by atoms with E-state index in [0.717, 1.165) is 8.95 Å². The second kappa shape index (κ2) is 5.37. The van der Waals surface area contributed by atoms with Gasteiger partial charge in [0.25, 0.3) is 5.91 Å². The molecule has 1 N–H and O–H groups in total. The maximum Gasteiger partial charge on any atom is 0.260 e. The van der Waals surface area contributed by atoms with Crippen molar-refractivity contribution in [1.29, 1.82) is 0 Å². The number of likely N-dealkylation sites (tertiary alicyclic amines) is 1. The molecular weight excluding hydrogens is 354 g/mol. The monoisotopic (exact) mass is 363 g/mol. The van der Waals surface area contributed by atoms with E-state index in [4.69, 9.17) is 9.84 Å². The summed E-state index contributed by atoms with van der Waals surface area (Å²) in [7, 11) is 0. The summed E-state index contributed by atoms with van der Waals surface area (Å²) in [5.41, 5.74) is 0. The summed E-state index contributed by atoms with van der Waals surface area (Å²) < 4.78 is 7.14. The Balaban J connectivity index is 1.87. The second-order valence-corrected chi connectivity index (χ2v) is 5.59. The SMILES string of the molecule is O=C(COc1ccc(Br)cc1Br)N1CC(O)C1. The highest BCUT2D eigenvalue weighted by atomic mass is 79.9. The average Bonchev–Trinajstić information content (AvgIpc) is 2.23. The number of rotatable bonds is 3. The summed E-state index contributed by atoms with van der Waals surface area (Å²) in [6.45, 7) is 0.806. The van der Waals surface area contributed by atoms with Crippen molar-refractivity contribution in [3.8, 4) is 5.75 Å². The van der Waals surface area contributed by atoms with Gasteiger partial charge in [0.15, 0.2) is 6.61 Å². The van der Waals surface area contributed by atoms with Crippen LogP contribution < -0.4 is 4.74 Å². The van der Waals surface area contributed by atoms with E-state index in [2.05, 4.69) is 31.9 Å². The van der Waals surface area contributed by atoms with Crippen molar-refractivity contribution in [3.05, 3.63) is 27.1 Å². The van der Waals surface area contributed by atoms with Crippen LogP contribution in [0.4, 0.5) is 0 Å². The molecule has 0 saturated carbocycles. The lowest BCUT2D eigenvalue weighted by molar-refractivity contribution is -0.143. The van der Waals surface area contributed by atoms with Crippen LogP contribution in [0.15, 0.2) is 27.1 Å². The lowest BCUT2D eigenvalue weighted by Gasteiger charge is -2.35. The van der Waals surface area contributed by atoms with Gasteiger partial charge in [0.05, 0.1) is 10.6 Å². The normalized spacial score (nSPS) is 15.6. The number of benzene rings is 1. The number of amides is 1. The van der Waals surface area contributed by atoms with Gasteiger partial charge in [0.2, 0.25) is 0 Å². The standard InChI is InChI=1S/C11H11Br2NO3/c12-7-1-2-10(9(13)3-7)17-6-11(16)14-4-8(15)5-14/h1-3,8,15H,4-6H2. The zero-order valence-electron chi connectivity index (χ0n) is 8.90. The van der Waals surface area contributed by atoms with E-state index >= 15 is 0 Å². The predicted octanol–water partition coefficient (Wildman–Crippen LogP) is 1.79. The first-order valence-electron chi connectivity index (χ1n) is 5.10. The average molecular weight is 365 g/mol. The van der Waals surface area contributed by atoms with Crippen LogP contribution in [-0.4, -0.2) is 41.7 Å². The molecule has 0 bridgehead atoms. The summed E-state index contributed by atoms with van der Waals surface area (Å²) in [5.74, 6) is 0.521. The highest BCUT2D eigenvalue weighted by molar-refractivity contribution is 9.11. The van der Waals surface area contributed by atoms with Crippen LogP contribution >= 0.6 is 31.9 Å². The number of nitrogens with zero attached hydrogens (tertiary/aromatic N) is 1. The Kier molecular flexibility index (Phi) is 4.06. The topological polar surface area (TPSA) is 49.8 Å². The third kappa shape index (κ3) is 3.20. The first kappa shape index (κ1) is 12.9. The van der Waals surface area contributed by atoms with Gasteiger partial charge in [-0.15, -0.1) is 0 Å². The number of ether oxygens (including phenoxy) is 1. The van der Waals surface area contributed by atoms with Crippen LogP contribution in [0.25, 0.3) is 0 Å². The van der Waals surface area contributed by atoms with Crippen molar-refractivity contribution in [2.24, 2.45) is 0 Å². The minimum atomic E-state index is -0.377. The molecule has 1 amide bonds. The van der Waals surface area contributed by atoms with E-state index in [1.165, 1.54) is 0 Å². The minimum absolute atomic E-state index is 0.00699. The van der Waals surface area contributed by atoms with Gasteiger partial charge in [0.1, 0.15) is 5.75 Å². The number of carbonyl (C=O) groups is 1. The molecule has 6 heteroatoms. The van der Waals surface area contributed by atoms with Crippen molar-refractivity contribution in [2.45, 2.75) is 6.10 Å². The number of aliphatic hydroxyl groups is 1. The maximum absolute atomic E-state index is 11.6. The fourth-order valence-electron chi connectivity index (χ4n) is 1.48. The van der Waals surface area contributed by atoms with Gasteiger partial charge in [-0.1, -0.05) is 15.9 Å². The molecule has 0 atom stereocenters. The lowest BCUT2D eigenvalue weighted by atomic mass is 10.2. The first-order valence-corrected chi connectivity index (χ1v) is 6.68. The summed E-state index contributed by atoms with van der Waals surface area (Å²) in [6.07, 6.45) is -0.377. The lowest BCUT2D eigenvalue weighted by Crippen LogP contribution is -2.54. The van der Waals surface area contributed by atoms with Gasteiger partial charge in [-0.05, 0) is 34.1 Å². The van der Waals surface area contributed by atoms with E-state index in [-0.39, 0.29) is 18.6 Å². The number of hydrogen-bond acceptors (Lipinski definition) is 3. The zero-order valence-corrected chi connectivity index (χ0v) is 12.1. The molecule has 1 fully saturated rings. The number of β-amino-alcohol motifs (C(OH)–C–C–N with tert-alkyl or cyclic N) is 1. The third-order valence-corrected chi connectivity index (χ3v) is 3.57. The Morgan fingerprint density at radius 3 is 2.76 bits per heavy atom. The molecule has 0 unspecified atom stereocenters. The number of halogens is 2. The molecule has 17 heavy (non-hydrogen) atoms. The summed E-state index contributed by atoms with van der Waals surface area (Å²) in [4.78, 5) is 13.2. The highest BCUT2D eigenvalue weighted by Crippen LogP contribution is 2.28. The van der Waals surface area contributed by atoms with Crippen LogP contribution in [0.1, 0.15) is 0 Å². The van der Waals surface area contributed by atoms with Crippen molar-refractivity contribution in [2.75, 3.05) is 19.7 Å². The molecular formula is C11H11Br2NO3. The van der Waals surface area contributed by atoms with E-state index in [1.54, 1.807) is 11.0 Å². The van der Waals surface area contributed by atoms with Crippen LogP contribution in [0.2, 0.25) is 0 Å². The minimum Gasteiger partial charge on any atom is -0.483 e. The van der Waals surface area contributed by atoms with Gasteiger partial charge in [0, 0.05) is 17.6 Å². The maximum atomic E-state index is 11.6. The zero-order chi connectivity index (χ0) is 12.4. The van der Waals surface area contributed by atoms with Crippen LogP contribution in [0, 0.1) is 0 Å². The molecule has 1 saturated heterocycles. The fourth-order valence-corrected chi connectivity index (χ4v) is 2.64. The van der Waals surface area contributed by atoms with E-state index in [0.29, 0.717) is 18.8 Å². The van der Waals surface area contributed by atoms with Crippen LogP contribution in [-0.2, 0) is 4.79 Å². The number of aliphatic hydroxyl groups excluding tert-OH is 1. The summed E-state index contributed by atoms with van der Waals surface area (Å²) in [5, 5.41) is 9.08. The van der Waals surface area contributed by atoms with E-state index in [1.807, 2.05) is 12.1 Å². The predicted molar refractivity (Wildman–Crippen MR) is 69.9 cm³/mol. The molecule has 1 heterocycles. The second-order valence-electron chi connectivity index (χ2n) is 3.82. The Morgan fingerprint density at radius 2 is 2.18 bits per heavy atom. The van der Waals surface area contributed by atoms with Crippen LogP contribution in [0.5, 0.6) is 5.75 Å². The van der Waals surface area contributed by atoms with Crippen molar-refractivity contribution >= 4 is 37.8 Å². The first-order chi connectivity index (χ1) is 8.06. The fraction of sp³-hybridized carbons (Fsp3) is 0.364. The summed E-state index contributed by atoms with van der Waals surface area (Å²) in [6, 6.07) is 5.48. The Hall–Kier alpha value is -0.590. The van der Waals surface area contributed by atoms with Gasteiger partial charge in [-0.25, -0.2) is 0 Å². The van der Waals surface area contributed by atoms with E-state index < -0.39 is 0 Å². The van der Waals surface area contributed by atoms with Gasteiger partial charge in [-0.2, -0.15) is 0 Å². The molecule has 2 rings (SSSR count). The largest absolute Gasteiger partial charge is 0.483 e. The van der Waals surface area contributed by atoms with Crippen molar-refractivity contribution in [1.82, 2.24) is 4.90 Å². The third-order valence-electron chi connectivity index (χ3n) is 2.46. The molecule has 0 aromatic heterocycles. The Bertz CT molecular complexity index is 433. The molecule has 1 aromatic rings. The number of carbonyl (C=O) groups excluding carboxylic acids is 1. The smallest absolute Gasteiger partial charge is 0.260 e. The van der Waals surface area contributed by atoms with Crippen molar-refractivity contribution < 1.29 is 14.6 Å². The molecule has 92 valence electrons. The molecule has 4 nitrogen and oxygen atoms in total. The van der Waals surface area contributed by atoms with Crippen LogP contribution in [0.3, 0.4) is 0 Å². The van der Waals surface area contributed by atoms with Gasteiger partial charge >= 0.3 is 0 Å². The quantitative estimate of drug-likeness (QED) is 0.889. The Morgan fingerprint density at radius 1 is 1.47 bits per heavy atom. The number of hydrogen-bond donors (Lipinski definition) is 1. The van der Waals surface area contributed by atoms with E-state index in [9.17, 15) is 4.79 Å². The molecule has 1 aliphatic heterocycles. The van der Waals surface area contributed by atoms with Gasteiger partial charge in [-0.3, -0.25) is 4.79 Å².